The van der Waals surface area contributed by atoms with Crippen molar-refractivity contribution < 1.29 is 18.3 Å². The summed E-state index contributed by atoms with van der Waals surface area (Å²) in [5.74, 6) is -0.587. The van der Waals surface area contributed by atoms with Crippen molar-refractivity contribution >= 4 is 55.0 Å². The van der Waals surface area contributed by atoms with Crippen molar-refractivity contribution in [3.63, 3.8) is 0 Å². The van der Waals surface area contributed by atoms with Crippen LogP contribution in [0.3, 0.4) is 0 Å². The van der Waals surface area contributed by atoms with Crippen LogP contribution in [0.5, 0.6) is 0 Å². The van der Waals surface area contributed by atoms with Crippen LogP contribution in [0.2, 0.25) is 0 Å². The fraction of sp³-hybridized carbons (Fsp3) is 0.444. The van der Waals surface area contributed by atoms with Crippen molar-refractivity contribution in [2.24, 2.45) is 0 Å². The summed E-state index contributed by atoms with van der Waals surface area (Å²) in [7, 11) is -3.77. The molecular weight excluding hydrogens is 362 g/mol. The Morgan fingerprint density at radius 2 is 2.28 bits per heavy atom. The number of halogens is 1. The molecule has 0 saturated carbocycles. The summed E-state index contributed by atoms with van der Waals surface area (Å²) in [5.41, 5.74) is 0. The largest absolute Gasteiger partial charge is 0.480 e. The van der Waals surface area contributed by atoms with Crippen LogP contribution < -0.4 is 4.72 Å². The number of carboxylic acids is 1. The maximum Gasteiger partial charge on any atom is 0.321 e. The SMILES string of the molecule is CSCCC(NS(=O)(=O)c1ccc(Br)s1)C(=O)O. The average molecular weight is 374 g/mol. The van der Waals surface area contributed by atoms with Gasteiger partial charge in [0.05, 0.1) is 3.79 Å². The van der Waals surface area contributed by atoms with Gasteiger partial charge in [0.15, 0.2) is 0 Å². The van der Waals surface area contributed by atoms with E-state index in [0.717, 1.165) is 11.3 Å². The predicted molar refractivity (Wildman–Crippen MR) is 76.8 cm³/mol. The maximum atomic E-state index is 11.9. The Kier molecular flexibility index (Phi) is 6.12. The number of hydrogen-bond acceptors (Lipinski definition) is 5. The zero-order valence-corrected chi connectivity index (χ0v) is 13.5. The molecule has 0 amide bonds. The highest BCUT2D eigenvalue weighted by molar-refractivity contribution is 9.11. The second-order valence-electron chi connectivity index (χ2n) is 3.35. The fourth-order valence-corrected chi connectivity index (χ4v) is 4.88. The van der Waals surface area contributed by atoms with Gasteiger partial charge in [-0.05, 0) is 46.5 Å². The number of thioether (sulfide) groups is 1. The van der Waals surface area contributed by atoms with Crippen molar-refractivity contribution in [3.05, 3.63) is 15.9 Å². The molecule has 0 aliphatic rings. The van der Waals surface area contributed by atoms with Gasteiger partial charge in [-0.15, -0.1) is 11.3 Å². The van der Waals surface area contributed by atoms with E-state index in [1.54, 1.807) is 6.07 Å². The lowest BCUT2D eigenvalue weighted by atomic mass is 10.2. The van der Waals surface area contributed by atoms with Gasteiger partial charge in [-0.3, -0.25) is 4.79 Å². The van der Waals surface area contributed by atoms with Gasteiger partial charge < -0.3 is 5.11 Å². The van der Waals surface area contributed by atoms with Crippen molar-refractivity contribution in [1.82, 2.24) is 4.72 Å². The van der Waals surface area contributed by atoms with Crippen LogP contribution in [0.25, 0.3) is 0 Å². The van der Waals surface area contributed by atoms with Crippen LogP contribution in [0, 0.1) is 0 Å². The van der Waals surface area contributed by atoms with Gasteiger partial charge in [0.2, 0.25) is 0 Å². The highest BCUT2D eigenvalue weighted by Gasteiger charge is 2.25. The molecule has 0 fully saturated rings. The first-order valence-electron chi connectivity index (χ1n) is 4.86. The maximum absolute atomic E-state index is 11.9. The van der Waals surface area contributed by atoms with E-state index in [1.165, 1.54) is 17.8 Å². The Morgan fingerprint density at radius 1 is 1.61 bits per heavy atom. The zero-order chi connectivity index (χ0) is 13.8. The number of thiophene rings is 1. The van der Waals surface area contributed by atoms with E-state index in [0.29, 0.717) is 9.54 Å². The normalized spacial score (nSPS) is 13.4. The average Bonchev–Trinajstić information content (AvgIpc) is 2.71. The Balaban J connectivity index is 2.82. The topological polar surface area (TPSA) is 83.5 Å². The van der Waals surface area contributed by atoms with Crippen LogP contribution in [-0.4, -0.2) is 37.5 Å². The number of hydrogen-bond donors (Lipinski definition) is 2. The summed E-state index contributed by atoms with van der Waals surface area (Å²) < 4.78 is 26.9. The van der Waals surface area contributed by atoms with Crippen molar-refractivity contribution in [3.8, 4) is 0 Å². The van der Waals surface area contributed by atoms with Crippen LogP contribution in [-0.2, 0) is 14.8 Å². The molecule has 2 N–H and O–H groups in total. The molecule has 1 aromatic heterocycles. The Morgan fingerprint density at radius 3 is 2.72 bits per heavy atom. The number of carbonyl (C=O) groups is 1. The third-order valence-electron chi connectivity index (χ3n) is 2.02. The third-order valence-corrected chi connectivity index (χ3v) is 6.25. The second-order valence-corrected chi connectivity index (χ2v) is 8.74. The number of aliphatic carboxylic acids is 1. The first-order chi connectivity index (χ1) is 8.36. The lowest BCUT2D eigenvalue weighted by Gasteiger charge is -2.13. The number of sulfonamides is 1. The summed E-state index contributed by atoms with van der Waals surface area (Å²) in [5, 5.41) is 8.97. The van der Waals surface area contributed by atoms with Crippen LogP contribution in [0.1, 0.15) is 6.42 Å². The minimum atomic E-state index is -3.77. The van der Waals surface area contributed by atoms with Gasteiger partial charge in [-0.2, -0.15) is 16.5 Å². The van der Waals surface area contributed by atoms with Gasteiger partial charge >= 0.3 is 5.97 Å². The fourth-order valence-electron chi connectivity index (χ4n) is 1.16. The highest BCUT2D eigenvalue weighted by atomic mass is 79.9. The molecule has 0 aromatic carbocycles. The van der Waals surface area contributed by atoms with E-state index < -0.39 is 22.0 Å². The molecule has 5 nitrogen and oxygen atoms in total. The van der Waals surface area contributed by atoms with E-state index in [4.69, 9.17) is 5.11 Å². The summed E-state index contributed by atoms with van der Waals surface area (Å²) in [6, 6.07) is 1.95. The van der Waals surface area contributed by atoms with Crippen LogP contribution in [0.15, 0.2) is 20.1 Å². The molecule has 0 aliphatic heterocycles. The number of rotatable bonds is 7. The predicted octanol–water partition coefficient (Wildman–Crippen LogP) is 2.00. The minimum absolute atomic E-state index is 0.102. The summed E-state index contributed by atoms with van der Waals surface area (Å²) in [4.78, 5) is 11.0. The van der Waals surface area contributed by atoms with Gasteiger partial charge in [-0.1, -0.05) is 0 Å². The molecule has 9 heteroatoms. The van der Waals surface area contributed by atoms with Gasteiger partial charge in [0, 0.05) is 0 Å². The second kappa shape index (κ2) is 6.90. The van der Waals surface area contributed by atoms with Gasteiger partial charge in [0.25, 0.3) is 10.0 Å². The molecule has 1 unspecified atom stereocenters. The monoisotopic (exact) mass is 373 g/mol. The van der Waals surface area contributed by atoms with Crippen molar-refractivity contribution in [1.29, 1.82) is 0 Å². The van der Waals surface area contributed by atoms with E-state index >= 15 is 0 Å². The summed E-state index contributed by atoms with van der Waals surface area (Å²) in [6.45, 7) is 0. The Bertz CT molecular complexity index is 514. The molecule has 102 valence electrons. The molecule has 0 spiro atoms. The minimum Gasteiger partial charge on any atom is -0.480 e. The molecule has 1 heterocycles. The lowest BCUT2D eigenvalue weighted by molar-refractivity contribution is -0.139. The third kappa shape index (κ3) is 4.54. The van der Waals surface area contributed by atoms with Crippen molar-refractivity contribution in [2.75, 3.05) is 12.0 Å². The molecular formula is C9H12BrNO4S3. The zero-order valence-electron chi connectivity index (χ0n) is 9.42. The molecule has 1 rings (SSSR count). The highest BCUT2D eigenvalue weighted by Crippen LogP contribution is 2.26. The molecule has 0 aliphatic carbocycles. The smallest absolute Gasteiger partial charge is 0.321 e. The standard InChI is InChI=1S/C9H12BrNO4S3/c1-16-5-4-6(9(12)13)11-18(14,15)8-3-2-7(10)17-8/h2-3,6,11H,4-5H2,1H3,(H,12,13). The van der Waals surface area contributed by atoms with E-state index in [1.807, 2.05) is 6.26 Å². The number of carboxylic acid groups (broad SMARTS) is 1. The number of nitrogens with one attached hydrogen (secondary N) is 1. The molecule has 0 radical (unpaired) electrons. The Hall–Kier alpha value is -0.0900. The molecule has 18 heavy (non-hydrogen) atoms. The van der Waals surface area contributed by atoms with E-state index in [9.17, 15) is 13.2 Å². The van der Waals surface area contributed by atoms with Gasteiger partial charge in [-0.25, -0.2) is 8.42 Å². The summed E-state index contributed by atoms with van der Waals surface area (Å²) >= 11 is 5.68. The summed E-state index contributed by atoms with van der Waals surface area (Å²) in [6.07, 6.45) is 2.09. The van der Waals surface area contributed by atoms with E-state index in [-0.39, 0.29) is 10.6 Å². The molecule has 0 saturated heterocycles. The first kappa shape index (κ1) is 16.0. The van der Waals surface area contributed by atoms with Crippen LogP contribution >= 0.6 is 39.0 Å². The van der Waals surface area contributed by atoms with Crippen molar-refractivity contribution in [2.45, 2.75) is 16.7 Å². The quantitative estimate of drug-likeness (QED) is 0.763. The molecule has 1 aromatic rings. The molecule has 1 atom stereocenters. The first-order valence-corrected chi connectivity index (χ1v) is 9.35. The molecule has 0 bridgehead atoms. The lowest BCUT2D eigenvalue weighted by Crippen LogP contribution is -2.40. The van der Waals surface area contributed by atoms with Crippen LogP contribution in [0.4, 0.5) is 0 Å². The Labute approximate surface area is 122 Å². The van der Waals surface area contributed by atoms with Gasteiger partial charge in [0.1, 0.15) is 10.3 Å². The van der Waals surface area contributed by atoms with E-state index in [2.05, 4.69) is 20.7 Å².